The quantitative estimate of drug-likeness (QED) is 0.0319. The number of nitrogens with zero attached hydrogens (tertiary/aromatic N) is 3. The lowest BCUT2D eigenvalue weighted by Crippen LogP contribution is -2.30. The molecule has 0 saturated heterocycles. The predicted molar refractivity (Wildman–Crippen MR) is 422 cm³/mol. The van der Waals surface area contributed by atoms with E-state index < -0.39 is 6.16 Å². The van der Waals surface area contributed by atoms with Gasteiger partial charge in [-0.25, -0.2) is 4.79 Å². The van der Waals surface area contributed by atoms with Crippen LogP contribution in [-0.4, -0.2) is 156 Å². The Morgan fingerprint density at radius 1 is 0.265 bits per heavy atom. The first-order chi connectivity index (χ1) is 49.6. The first kappa shape index (κ1) is 98.5. The second kappa shape index (κ2) is 73.0. The van der Waals surface area contributed by atoms with Gasteiger partial charge in [0.05, 0.1) is 63.6 Å². The summed E-state index contributed by atoms with van der Waals surface area (Å²) in [6.45, 7) is 24.6. The molecule has 5 atom stereocenters. The minimum atomic E-state index is -0.539. The highest BCUT2D eigenvalue weighted by Crippen LogP contribution is 2.23. The number of esters is 5. The van der Waals surface area contributed by atoms with E-state index in [1.807, 2.05) is 0 Å². The summed E-state index contributed by atoms with van der Waals surface area (Å²) in [5, 5.41) is 0. The molecule has 0 aromatic rings. The molecule has 0 rings (SSSR count). The maximum atomic E-state index is 13.4. The lowest BCUT2D eigenvalue weighted by atomic mass is 10.00. The van der Waals surface area contributed by atoms with E-state index in [4.69, 9.17) is 33.2 Å². The van der Waals surface area contributed by atoms with Crippen molar-refractivity contribution in [2.75, 3.05) is 93.4 Å². The van der Waals surface area contributed by atoms with Gasteiger partial charge < -0.3 is 47.9 Å². The molecular weight excluding hydrogens is 1280 g/mol. The molecule has 5 unspecified atom stereocenters. The topological polar surface area (TPSA) is 177 Å². The normalized spacial score (nSPS) is 13.4. The largest absolute Gasteiger partial charge is 0.508 e. The molecule has 0 aromatic heterocycles. The Hall–Kier alpha value is -3.50. The van der Waals surface area contributed by atoms with E-state index in [2.05, 4.69) is 91.2 Å². The van der Waals surface area contributed by atoms with E-state index >= 15 is 0 Å². The number of hydrogen-bond donors (Lipinski definition) is 0. The molecule has 0 amide bonds. The molecule has 102 heavy (non-hydrogen) atoms. The van der Waals surface area contributed by atoms with Crippen LogP contribution in [0.5, 0.6) is 0 Å². The van der Waals surface area contributed by atoms with Crippen LogP contribution in [0.15, 0.2) is 0 Å². The van der Waals surface area contributed by atoms with Gasteiger partial charge in [-0.1, -0.05) is 242 Å². The molecule has 0 aromatic carbocycles. The Balaban J connectivity index is 4.95. The van der Waals surface area contributed by atoms with Crippen molar-refractivity contribution < 1.29 is 61.9 Å². The Labute approximate surface area is 628 Å². The lowest BCUT2D eigenvalue weighted by Gasteiger charge is -2.23. The van der Waals surface area contributed by atoms with Crippen molar-refractivity contribution in [1.29, 1.82) is 0 Å². The fourth-order valence-electron chi connectivity index (χ4n) is 13.5. The standard InChI is InChI=1S/C86H165N3O13/c1-12-20-54-75(16-5)74-100-86(95)99-73-51-43-35-27-31-39-47-61-80(60-46-38-30-26-34-42-50-72-98-85(94)78(19-8)57-23-15-4)102-82(91)63-69-89(11)67-53-65-87(9)64-52-66-88(10)68-62-81(90)101-79(58-44-36-28-24-32-40-48-70-96-83(92)76(17-6)55-21-13-2)59-45-37-29-25-33-41-49-71-97-84(93)77(18-7)56-22-14-3/h75-80H,12-74H2,1-11H3. The highest BCUT2D eigenvalue weighted by molar-refractivity contribution is 5.73. The Morgan fingerprint density at radius 2 is 0.529 bits per heavy atom. The zero-order valence-electron chi connectivity index (χ0n) is 68.7. The summed E-state index contributed by atoms with van der Waals surface area (Å²) in [5.41, 5.74) is 0. The molecule has 0 saturated carbocycles. The SMILES string of the molecule is CCCCC(CC)COC(=O)OCCCCCCCCCC(CCCCCCCCCOC(=O)C(CC)CCCC)OC(=O)CCN(C)CCCN(C)CCCN(C)CCC(=O)OC(CCCCCCCCCOC(=O)C(CC)CCCC)CCCCCCCCCOC(=O)C(CC)CCCC. The summed E-state index contributed by atoms with van der Waals surface area (Å²) in [5.74, 6) is 0.279. The van der Waals surface area contributed by atoms with Crippen molar-refractivity contribution in [2.24, 2.45) is 23.7 Å². The van der Waals surface area contributed by atoms with E-state index in [-0.39, 0.29) is 59.8 Å². The third kappa shape index (κ3) is 61.6. The molecule has 0 fully saturated rings. The lowest BCUT2D eigenvalue weighted by molar-refractivity contribution is -0.151. The van der Waals surface area contributed by atoms with Crippen molar-refractivity contribution in [3.8, 4) is 0 Å². The molecular formula is C86H165N3O13. The predicted octanol–water partition coefficient (Wildman–Crippen LogP) is 22.3. The Kier molecular flexibility index (Phi) is 70.5. The van der Waals surface area contributed by atoms with Crippen LogP contribution in [0.2, 0.25) is 0 Å². The molecule has 602 valence electrons. The zero-order chi connectivity index (χ0) is 75.2. The summed E-state index contributed by atoms with van der Waals surface area (Å²) < 4.78 is 40.0. The van der Waals surface area contributed by atoms with Crippen molar-refractivity contribution in [2.45, 2.75) is 401 Å². The van der Waals surface area contributed by atoms with Crippen LogP contribution in [0, 0.1) is 23.7 Å². The van der Waals surface area contributed by atoms with Gasteiger partial charge in [0.2, 0.25) is 0 Å². The molecule has 0 heterocycles. The molecule has 0 aliphatic carbocycles. The van der Waals surface area contributed by atoms with Crippen LogP contribution < -0.4 is 0 Å². The van der Waals surface area contributed by atoms with Crippen LogP contribution in [0.4, 0.5) is 4.79 Å². The number of ether oxygens (including phenoxy) is 7. The van der Waals surface area contributed by atoms with Crippen LogP contribution >= 0.6 is 0 Å². The molecule has 0 aliphatic heterocycles. The van der Waals surface area contributed by atoms with Gasteiger partial charge in [0, 0.05) is 13.1 Å². The monoisotopic (exact) mass is 1450 g/mol. The van der Waals surface area contributed by atoms with Gasteiger partial charge in [-0.05, 0) is 188 Å². The second-order valence-corrected chi connectivity index (χ2v) is 30.5. The van der Waals surface area contributed by atoms with Gasteiger partial charge in [-0.3, -0.25) is 24.0 Å². The molecule has 0 N–H and O–H groups in total. The van der Waals surface area contributed by atoms with E-state index in [1.165, 1.54) is 32.1 Å². The number of hydrogen-bond acceptors (Lipinski definition) is 16. The molecule has 0 aliphatic rings. The third-order valence-electron chi connectivity index (χ3n) is 21.0. The molecule has 16 heteroatoms. The number of unbranched alkanes of at least 4 members (excludes halogenated alkanes) is 28. The maximum absolute atomic E-state index is 13.4. The van der Waals surface area contributed by atoms with Gasteiger partial charge in [-0.15, -0.1) is 0 Å². The van der Waals surface area contributed by atoms with Gasteiger partial charge in [-0.2, -0.15) is 0 Å². The van der Waals surface area contributed by atoms with Gasteiger partial charge >= 0.3 is 36.0 Å². The summed E-state index contributed by atoms with van der Waals surface area (Å²) in [6.07, 6.45) is 52.5. The van der Waals surface area contributed by atoms with E-state index in [0.717, 1.165) is 315 Å². The number of carbonyl (C=O) groups is 6. The van der Waals surface area contributed by atoms with Crippen molar-refractivity contribution >= 4 is 36.0 Å². The van der Waals surface area contributed by atoms with E-state index in [1.54, 1.807) is 0 Å². The maximum Gasteiger partial charge on any atom is 0.508 e. The van der Waals surface area contributed by atoms with Crippen LogP contribution in [-0.2, 0) is 57.1 Å². The summed E-state index contributed by atoms with van der Waals surface area (Å²) >= 11 is 0. The minimum absolute atomic E-state index is 0.0203. The number of rotatable bonds is 77. The average molecular weight is 1450 g/mol. The van der Waals surface area contributed by atoms with Crippen LogP contribution in [0.3, 0.4) is 0 Å². The van der Waals surface area contributed by atoms with Crippen LogP contribution in [0.25, 0.3) is 0 Å². The molecule has 0 radical (unpaired) electrons. The van der Waals surface area contributed by atoms with E-state index in [9.17, 15) is 28.8 Å². The van der Waals surface area contributed by atoms with Gasteiger partial charge in [0.25, 0.3) is 0 Å². The molecule has 0 spiro atoms. The number of carbonyl (C=O) groups excluding carboxylic acids is 6. The van der Waals surface area contributed by atoms with Gasteiger partial charge in [0.15, 0.2) is 0 Å². The first-order valence-electron chi connectivity index (χ1n) is 43.3. The van der Waals surface area contributed by atoms with Crippen molar-refractivity contribution in [3.05, 3.63) is 0 Å². The Morgan fingerprint density at radius 3 is 0.814 bits per heavy atom. The highest BCUT2D eigenvalue weighted by atomic mass is 16.7. The fourth-order valence-corrected chi connectivity index (χ4v) is 13.5. The summed E-state index contributed by atoms with van der Waals surface area (Å²) in [4.78, 5) is 83.2. The molecule has 0 bridgehead atoms. The summed E-state index contributed by atoms with van der Waals surface area (Å²) in [7, 11) is 6.39. The van der Waals surface area contributed by atoms with E-state index in [0.29, 0.717) is 64.9 Å². The highest BCUT2D eigenvalue weighted by Gasteiger charge is 2.22. The fraction of sp³-hybridized carbons (Fsp3) is 0.930. The van der Waals surface area contributed by atoms with Gasteiger partial charge in [0.1, 0.15) is 12.2 Å². The Bertz CT molecular complexity index is 1880. The summed E-state index contributed by atoms with van der Waals surface area (Å²) in [6, 6.07) is 0. The second-order valence-electron chi connectivity index (χ2n) is 30.5. The van der Waals surface area contributed by atoms with Crippen molar-refractivity contribution in [3.63, 3.8) is 0 Å². The molecule has 16 nitrogen and oxygen atoms in total. The zero-order valence-corrected chi connectivity index (χ0v) is 68.7. The first-order valence-corrected chi connectivity index (χ1v) is 43.3. The average Bonchev–Trinajstić information content (AvgIpc) is 1.17. The van der Waals surface area contributed by atoms with Crippen molar-refractivity contribution in [1.82, 2.24) is 14.7 Å². The van der Waals surface area contributed by atoms with Crippen LogP contribution in [0.1, 0.15) is 389 Å². The third-order valence-corrected chi connectivity index (χ3v) is 21.0. The minimum Gasteiger partial charge on any atom is -0.465 e. The smallest absolute Gasteiger partial charge is 0.465 e.